The maximum atomic E-state index is 12.8. The van der Waals surface area contributed by atoms with Crippen molar-refractivity contribution in [2.24, 2.45) is 0 Å². The van der Waals surface area contributed by atoms with Crippen molar-refractivity contribution in [2.75, 3.05) is 18.9 Å². The summed E-state index contributed by atoms with van der Waals surface area (Å²) >= 11 is 0. The molecule has 0 saturated heterocycles. The molecule has 21 heavy (non-hydrogen) atoms. The van der Waals surface area contributed by atoms with Gasteiger partial charge >= 0.3 is 0 Å². The lowest BCUT2D eigenvalue weighted by atomic mass is 10.1. The molecule has 0 heterocycles. The summed E-state index contributed by atoms with van der Waals surface area (Å²) in [6, 6.07) is 16.0. The van der Waals surface area contributed by atoms with Gasteiger partial charge < -0.3 is 10.2 Å². The van der Waals surface area contributed by atoms with Gasteiger partial charge in [0.15, 0.2) is 0 Å². The van der Waals surface area contributed by atoms with Crippen LogP contribution >= 0.6 is 0 Å². The zero-order valence-corrected chi connectivity index (χ0v) is 12.9. The number of hydrogen-bond donors (Lipinski definition) is 1. The average Bonchev–Trinajstić information content (AvgIpc) is 2.53. The summed E-state index contributed by atoms with van der Waals surface area (Å²) in [4.78, 5) is 14.7. The van der Waals surface area contributed by atoms with Crippen molar-refractivity contribution in [3.8, 4) is 0 Å². The first-order valence-electron chi connectivity index (χ1n) is 7.27. The van der Waals surface area contributed by atoms with Crippen LogP contribution in [0.2, 0.25) is 0 Å². The Morgan fingerprint density at radius 2 is 1.86 bits per heavy atom. The Hall–Kier alpha value is -2.29. The van der Waals surface area contributed by atoms with E-state index in [9.17, 15) is 4.79 Å². The predicted octanol–water partition coefficient (Wildman–Crippen LogP) is 3.70. The molecule has 1 N–H and O–H groups in total. The molecule has 0 fully saturated rings. The number of anilines is 1. The monoisotopic (exact) mass is 282 g/mol. The molecule has 3 nitrogen and oxygen atoms in total. The van der Waals surface area contributed by atoms with Crippen LogP contribution < -0.4 is 5.32 Å². The maximum absolute atomic E-state index is 12.8. The maximum Gasteiger partial charge on any atom is 0.256 e. The minimum Gasteiger partial charge on any atom is -0.387 e. The Morgan fingerprint density at radius 3 is 2.48 bits per heavy atom. The van der Waals surface area contributed by atoms with Crippen molar-refractivity contribution in [1.29, 1.82) is 0 Å². The summed E-state index contributed by atoms with van der Waals surface area (Å²) in [7, 11) is 1.84. The van der Waals surface area contributed by atoms with Crippen LogP contribution in [-0.2, 0) is 6.54 Å². The first-order valence-corrected chi connectivity index (χ1v) is 7.27. The van der Waals surface area contributed by atoms with E-state index in [0.29, 0.717) is 13.1 Å². The van der Waals surface area contributed by atoms with Crippen LogP contribution in [0.25, 0.3) is 0 Å². The standard InChI is InChI=1S/C18H22N2O/c1-4-20(13-15-8-6-5-7-9-15)18(21)16-12-14(2)10-11-17(16)19-3/h5-12,19H,4,13H2,1-3H3. The van der Waals surface area contributed by atoms with Crippen molar-refractivity contribution in [3.63, 3.8) is 0 Å². The highest BCUT2D eigenvalue weighted by Gasteiger charge is 2.17. The van der Waals surface area contributed by atoms with Crippen LogP contribution in [0.15, 0.2) is 48.5 Å². The van der Waals surface area contributed by atoms with E-state index >= 15 is 0 Å². The minimum atomic E-state index is 0.0643. The number of rotatable bonds is 5. The number of amides is 1. The number of carbonyl (C=O) groups excluding carboxylic acids is 1. The van der Waals surface area contributed by atoms with Crippen LogP contribution in [0, 0.1) is 6.92 Å². The van der Waals surface area contributed by atoms with Gasteiger partial charge in [0.1, 0.15) is 0 Å². The van der Waals surface area contributed by atoms with Gasteiger partial charge in [-0.2, -0.15) is 0 Å². The Labute approximate surface area is 126 Å². The first kappa shape index (κ1) is 15.1. The largest absolute Gasteiger partial charge is 0.387 e. The summed E-state index contributed by atoms with van der Waals surface area (Å²) in [6.45, 7) is 5.33. The summed E-state index contributed by atoms with van der Waals surface area (Å²) in [5.74, 6) is 0.0643. The van der Waals surface area contributed by atoms with Gasteiger partial charge in [0, 0.05) is 25.8 Å². The van der Waals surface area contributed by atoms with E-state index in [1.807, 2.05) is 74.3 Å². The molecule has 110 valence electrons. The molecule has 2 aromatic carbocycles. The summed E-state index contributed by atoms with van der Waals surface area (Å²) in [5.41, 5.74) is 3.84. The molecule has 0 aliphatic rings. The molecule has 0 aliphatic carbocycles. The highest BCUT2D eigenvalue weighted by Crippen LogP contribution is 2.20. The SMILES string of the molecule is CCN(Cc1ccccc1)C(=O)c1cc(C)ccc1NC. The fourth-order valence-corrected chi connectivity index (χ4v) is 2.35. The number of hydrogen-bond acceptors (Lipinski definition) is 2. The summed E-state index contributed by atoms with van der Waals surface area (Å²) < 4.78 is 0. The summed E-state index contributed by atoms with van der Waals surface area (Å²) in [6.07, 6.45) is 0. The van der Waals surface area contributed by atoms with Gasteiger partial charge in [-0.25, -0.2) is 0 Å². The molecule has 1 amide bonds. The minimum absolute atomic E-state index is 0.0643. The second-order valence-corrected chi connectivity index (χ2v) is 5.10. The second kappa shape index (κ2) is 6.93. The van der Waals surface area contributed by atoms with Gasteiger partial charge in [-0.1, -0.05) is 42.0 Å². The van der Waals surface area contributed by atoms with Crippen LogP contribution in [0.4, 0.5) is 5.69 Å². The molecule has 0 radical (unpaired) electrons. The molecule has 0 aromatic heterocycles. The Kier molecular flexibility index (Phi) is 4.99. The Balaban J connectivity index is 2.26. The Morgan fingerprint density at radius 1 is 1.14 bits per heavy atom. The third kappa shape index (κ3) is 3.63. The van der Waals surface area contributed by atoms with Crippen LogP contribution in [0.5, 0.6) is 0 Å². The second-order valence-electron chi connectivity index (χ2n) is 5.10. The molecule has 0 bridgehead atoms. The number of carbonyl (C=O) groups is 1. The lowest BCUT2D eigenvalue weighted by Crippen LogP contribution is -2.30. The van der Waals surface area contributed by atoms with Gasteiger partial charge in [0.25, 0.3) is 5.91 Å². The molecule has 2 rings (SSSR count). The van der Waals surface area contributed by atoms with Crippen LogP contribution in [0.3, 0.4) is 0 Å². The van der Waals surface area contributed by atoms with E-state index in [0.717, 1.165) is 22.4 Å². The zero-order chi connectivity index (χ0) is 15.2. The Bertz CT molecular complexity index is 608. The van der Waals surface area contributed by atoms with Gasteiger partial charge in [0.05, 0.1) is 5.56 Å². The average molecular weight is 282 g/mol. The van der Waals surface area contributed by atoms with Crippen molar-refractivity contribution in [2.45, 2.75) is 20.4 Å². The fourth-order valence-electron chi connectivity index (χ4n) is 2.35. The van der Waals surface area contributed by atoms with Crippen molar-refractivity contribution in [3.05, 3.63) is 65.2 Å². The topological polar surface area (TPSA) is 32.3 Å². The van der Waals surface area contributed by atoms with E-state index in [4.69, 9.17) is 0 Å². The van der Waals surface area contributed by atoms with Gasteiger partial charge in [-0.05, 0) is 31.5 Å². The van der Waals surface area contributed by atoms with Crippen LogP contribution in [-0.4, -0.2) is 24.4 Å². The van der Waals surface area contributed by atoms with E-state index < -0.39 is 0 Å². The first-order chi connectivity index (χ1) is 10.2. The lowest BCUT2D eigenvalue weighted by Gasteiger charge is -2.22. The third-order valence-electron chi connectivity index (χ3n) is 3.56. The van der Waals surface area contributed by atoms with Crippen molar-refractivity contribution < 1.29 is 4.79 Å². The van der Waals surface area contributed by atoms with Crippen LogP contribution in [0.1, 0.15) is 28.4 Å². The highest BCUT2D eigenvalue weighted by atomic mass is 16.2. The molecule has 0 aliphatic heterocycles. The normalized spacial score (nSPS) is 10.2. The van der Waals surface area contributed by atoms with Gasteiger partial charge in [-0.3, -0.25) is 4.79 Å². The van der Waals surface area contributed by atoms with Gasteiger partial charge in [-0.15, -0.1) is 0 Å². The van der Waals surface area contributed by atoms with E-state index in [2.05, 4.69) is 5.32 Å². The molecule has 2 aromatic rings. The van der Waals surface area contributed by atoms with Crippen molar-refractivity contribution in [1.82, 2.24) is 4.90 Å². The molecule has 0 unspecified atom stereocenters. The van der Waals surface area contributed by atoms with Crippen molar-refractivity contribution >= 4 is 11.6 Å². The molecule has 0 atom stereocenters. The molecule has 3 heteroatoms. The van der Waals surface area contributed by atoms with E-state index in [1.165, 1.54) is 0 Å². The predicted molar refractivity (Wildman–Crippen MR) is 87.6 cm³/mol. The number of nitrogens with one attached hydrogen (secondary N) is 1. The molecular weight excluding hydrogens is 260 g/mol. The molecule has 0 spiro atoms. The smallest absolute Gasteiger partial charge is 0.256 e. The lowest BCUT2D eigenvalue weighted by molar-refractivity contribution is 0.0753. The molecular formula is C18H22N2O. The van der Waals surface area contributed by atoms with E-state index in [1.54, 1.807) is 0 Å². The number of benzene rings is 2. The quantitative estimate of drug-likeness (QED) is 0.907. The summed E-state index contributed by atoms with van der Waals surface area (Å²) in [5, 5.41) is 3.10. The van der Waals surface area contributed by atoms with Gasteiger partial charge in [0.2, 0.25) is 0 Å². The third-order valence-corrected chi connectivity index (χ3v) is 3.56. The zero-order valence-electron chi connectivity index (χ0n) is 12.9. The highest BCUT2D eigenvalue weighted by molar-refractivity contribution is 5.99. The van der Waals surface area contributed by atoms with E-state index in [-0.39, 0.29) is 5.91 Å². The number of aryl methyl sites for hydroxylation is 1. The molecule has 0 saturated carbocycles. The number of nitrogens with zero attached hydrogens (tertiary/aromatic N) is 1. The fraction of sp³-hybridized carbons (Fsp3) is 0.278.